The Morgan fingerprint density at radius 2 is 1.63 bits per heavy atom. The molecule has 180 valence electrons. The van der Waals surface area contributed by atoms with E-state index >= 15 is 0 Å². The van der Waals surface area contributed by atoms with E-state index in [2.05, 4.69) is 37.0 Å². The number of Topliss-reactive ketones (excluding diaryl/α,β-unsaturated/α-hetero) is 2. The van der Waals surface area contributed by atoms with Crippen molar-refractivity contribution in [2.75, 3.05) is 18.0 Å². The number of benzene rings is 2. The highest BCUT2D eigenvalue weighted by atomic mass is 16.3. The van der Waals surface area contributed by atoms with Crippen LogP contribution in [-0.4, -0.2) is 40.9 Å². The van der Waals surface area contributed by atoms with Gasteiger partial charge in [0, 0.05) is 41.3 Å². The number of ketones is 2. The van der Waals surface area contributed by atoms with Gasteiger partial charge in [-0.3, -0.25) is 9.59 Å². The molecule has 1 heterocycles. The number of aliphatic hydroxyl groups excluding tert-OH is 1. The van der Waals surface area contributed by atoms with Crippen LogP contribution < -0.4 is 4.90 Å². The summed E-state index contributed by atoms with van der Waals surface area (Å²) in [5.74, 6) is -0.418. The molecule has 0 aromatic heterocycles. The molecule has 0 radical (unpaired) electrons. The lowest BCUT2D eigenvalue weighted by Gasteiger charge is -2.29. The zero-order valence-electron chi connectivity index (χ0n) is 21.0. The van der Waals surface area contributed by atoms with E-state index in [1.807, 2.05) is 43.0 Å². The average molecular weight is 469 g/mol. The zero-order valence-corrected chi connectivity index (χ0v) is 21.0. The number of likely N-dealkylation sites (N-methyl/N-ethyl adjacent to an activating group) is 1. The van der Waals surface area contributed by atoms with Gasteiger partial charge in [0.2, 0.25) is 0 Å². The van der Waals surface area contributed by atoms with Gasteiger partial charge in [0.25, 0.3) is 0 Å². The van der Waals surface area contributed by atoms with Crippen LogP contribution in [0.1, 0.15) is 59.5 Å². The second kappa shape index (κ2) is 9.88. The Bertz CT molecular complexity index is 1270. The quantitative estimate of drug-likeness (QED) is 0.336. The van der Waals surface area contributed by atoms with Gasteiger partial charge in [-0.15, -0.1) is 0 Å². The summed E-state index contributed by atoms with van der Waals surface area (Å²) >= 11 is 0. The van der Waals surface area contributed by atoms with Crippen molar-refractivity contribution < 1.29 is 14.7 Å². The maximum absolute atomic E-state index is 13.1. The largest absolute Gasteiger partial charge is 0.374 e. The van der Waals surface area contributed by atoms with Crippen LogP contribution in [0.5, 0.6) is 0 Å². The van der Waals surface area contributed by atoms with E-state index in [1.54, 1.807) is 31.2 Å². The minimum atomic E-state index is -0.556. The number of hydrogen-bond acceptors (Lipinski definition) is 5. The Labute approximate surface area is 207 Å². The number of allylic oxidation sites excluding steroid dienone is 6. The van der Waals surface area contributed by atoms with E-state index in [1.165, 1.54) is 0 Å². The molecule has 5 heteroatoms. The van der Waals surface area contributed by atoms with Crippen molar-refractivity contribution >= 4 is 23.3 Å². The van der Waals surface area contributed by atoms with Gasteiger partial charge < -0.3 is 14.9 Å². The van der Waals surface area contributed by atoms with Gasteiger partial charge in [-0.05, 0) is 81.7 Å². The first-order valence-corrected chi connectivity index (χ1v) is 12.1. The molecule has 2 aromatic carbocycles. The molecule has 1 atom stereocenters. The number of aliphatic hydroxyl groups is 1. The number of fused-ring (bicyclic) bond motifs is 1. The van der Waals surface area contributed by atoms with Gasteiger partial charge in [0.1, 0.15) is 6.23 Å². The molecule has 5 nitrogen and oxygen atoms in total. The van der Waals surface area contributed by atoms with E-state index in [0.29, 0.717) is 16.7 Å². The van der Waals surface area contributed by atoms with Crippen molar-refractivity contribution in [1.82, 2.24) is 4.90 Å². The van der Waals surface area contributed by atoms with E-state index in [-0.39, 0.29) is 17.1 Å². The van der Waals surface area contributed by atoms with Crippen molar-refractivity contribution in [1.29, 1.82) is 0 Å². The van der Waals surface area contributed by atoms with E-state index < -0.39 is 6.23 Å². The Hall–Kier alpha value is -3.70. The normalized spacial score (nSPS) is 16.6. The van der Waals surface area contributed by atoms with Crippen LogP contribution in [0.2, 0.25) is 0 Å². The molecular formula is C30H32N2O3. The lowest BCUT2D eigenvalue weighted by Crippen LogP contribution is -2.32. The summed E-state index contributed by atoms with van der Waals surface area (Å²) in [6, 6.07) is 13.2. The predicted octanol–water partition coefficient (Wildman–Crippen LogP) is 5.67. The molecule has 0 amide bonds. The lowest BCUT2D eigenvalue weighted by molar-refractivity contribution is 0.0987. The number of carbonyl (C=O) groups excluding carboxylic acids is 2. The summed E-state index contributed by atoms with van der Waals surface area (Å²) < 4.78 is 0. The van der Waals surface area contributed by atoms with Crippen LogP contribution in [-0.2, 0) is 0 Å². The van der Waals surface area contributed by atoms with Crippen molar-refractivity contribution in [3.05, 3.63) is 105 Å². The average Bonchev–Trinajstić information content (AvgIpc) is 3.08. The predicted molar refractivity (Wildman–Crippen MR) is 141 cm³/mol. The Morgan fingerprint density at radius 3 is 2.17 bits per heavy atom. The molecule has 0 fully saturated rings. The number of rotatable bonds is 6. The maximum atomic E-state index is 13.1. The third kappa shape index (κ3) is 4.52. The van der Waals surface area contributed by atoms with E-state index in [0.717, 1.165) is 41.3 Å². The van der Waals surface area contributed by atoms with Gasteiger partial charge in [-0.25, -0.2) is 0 Å². The van der Waals surface area contributed by atoms with Gasteiger partial charge in [-0.2, -0.15) is 0 Å². The van der Waals surface area contributed by atoms with Crippen LogP contribution in [0.4, 0.5) is 5.69 Å². The summed E-state index contributed by atoms with van der Waals surface area (Å²) in [4.78, 5) is 30.2. The SMILES string of the molecule is CCN1C(C)=CC(=C2C(=O)c3ccccc3C2=O)C=C1C=Cc1ccc(N(CC)C(C)O)cc1C. The van der Waals surface area contributed by atoms with Crippen LogP contribution in [0.15, 0.2) is 83.2 Å². The maximum Gasteiger partial charge on any atom is 0.198 e. The number of carbonyl (C=O) groups is 2. The smallest absolute Gasteiger partial charge is 0.198 e. The molecule has 0 spiro atoms. The fourth-order valence-electron chi connectivity index (χ4n) is 4.88. The summed E-state index contributed by atoms with van der Waals surface area (Å²) in [6.45, 7) is 11.4. The van der Waals surface area contributed by atoms with Crippen molar-refractivity contribution in [3.8, 4) is 0 Å². The van der Waals surface area contributed by atoms with Crippen LogP contribution in [0.3, 0.4) is 0 Å². The highest BCUT2D eigenvalue weighted by Gasteiger charge is 2.35. The molecule has 0 saturated carbocycles. The Balaban J connectivity index is 1.71. The van der Waals surface area contributed by atoms with E-state index in [4.69, 9.17) is 0 Å². The van der Waals surface area contributed by atoms with E-state index in [9.17, 15) is 14.7 Å². The third-order valence-corrected chi connectivity index (χ3v) is 6.69. The molecule has 1 aliphatic carbocycles. The molecule has 1 N–H and O–H groups in total. The summed E-state index contributed by atoms with van der Waals surface area (Å²) in [7, 11) is 0. The molecule has 35 heavy (non-hydrogen) atoms. The zero-order chi connectivity index (χ0) is 25.3. The van der Waals surface area contributed by atoms with Gasteiger partial charge in [-0.1, -0.05) is 36.4 Å². The Kier molecular flexibility index (Phi) is 6.90. The molecule has 2 aliphatic rings. The molecule has 2 aromatic rings. The van der Waals surface area contributed by atoms with Gasteiger partial charge >= 0.3 is 0 Å². The summed E-state index contributed by atoms with van der Waals surface area (Å²) in [5, 5.41) is 10.0. The minimum absolute atomic E-state index is 0.209. The third-order valence-electron chi connectivity index (χ3n) is 6.69. The molecule has 1 unspecified atom stereocenters. The minimum Gasteiger partial charge on any atom is -0.374 e. The fourth-order valence-corrected chi connectivity index (χ4v) is 4.88. The molecule has 0 saturated heterocycles. The number of nitrogens with zero attached hydrogens (tertiary/aromatic N) is 2. The number of hydrogen-bond donors (Lipinski definition) is 1. The van der Waals surface area contributed by atoms with Crippen molar-refractivity contribution in [2.45, 2.75) is 40.8 Å². The van der Waals surface area contributed by atoms with Crippen molar-refractivity contribution in [2.24, 2.45) is 0 Å². The van der Waals surface area contributed by atoms with Crippen LogP contribution in [0, 0.1) is 6.92 Å². The molecular weight excluding hydrogens is 436 g/mol. The first-order valence-electron chi connectivity index (χ1n) is 12.1. The monoisotopic (exact) mass is 468 g/mol. The van der Waals surface area contributed by atoms with Crippen molar-refractivity contribution in [3.63, 3.8) is 0 Å². The lowest BCUT2D eigenvalue weighted by atomic mass is 9.98. The van der Waals surface area contributed by atoms with Crippen LogP contribution >= 0.6 is 0 Å². The topological polar surface area (TPSA) is 60.9 Å². The standard InChI is InChI=1S/C30H32N2O3/c1-6-31-20(4)17-23(28-29(34)26-10-8-9-11-27(26)30(28)35)18-25(31)15-13-22-12-14-24(16-19(22)3)32(7-2)21(5)33/h8-18,21,33H,6-7H2,1-5H3. The molecule has 0 bridgehead atoms. The second-order valence-corrected chi connectivity index (χ2v) is 8.93. The number of aryl methyl sites for hydroxylation is 1. The molecule has 1 aliphatic heterocycles. The first-order chi connectivity index (χ1) is 16.8. The number of anilines is 1. The summed E-state index contributed by atoms with van der Waals surface area (Å²) in [5.41, 5.74) is 6.89. The molecule has 4 rings (SSSR count). The van der Waals surface area contributed by atoms with Crippen LogP contribution in [0.25, 0.3) is 6.08 Å². The van der Waals surface area contributed by atoms with Gasteiger partial charge in [0.05, 0.1) is 5.57 Å². The highest BCUT2D eigenvalue weighted by molar-refractivity contribution is 6.40. The summed E-state index contributed by atoms with van der Waals surface area (Å²) in [6.07, 6.45) is 7.39. The highest BCUT2D eigenvalue weighted by Crippen LogP contribution is 2.33. The Morgan fingerprint density at radius 1 is 0.971 bits per heavy atom. The fraction of sp³-hybridized carbons (Fsp3) is 0.267. The first kappa shape index (κ1) is 24.4. The van der Waals surface area contributed by atoms with Gasteiger partial charge in [0.15, 0.2) is 11.6 Å². The second-order valence-electron chi connectivity index (χ2n) is 8.93.